The highest BCUT2D eigenvalue weighted by molar-refractivity contribution is 5.90. The number of ether oxygens (including phenoxy) is 1. The summed E-state index contributed by atoms with van der Waals surface area (Å²) in [6.07, 6.45) is -2.78. The molecule has 44 heavy (non-hydrogen) atoms. The topological polar surface area (TPSA) is 138 Å². The number of hydrogen-bond acceptors (Lipinski definition) is 9. The van der Waals surface area contributed by atoms with Gasteiger partial charge in [0.1, 0.15) is 17.0 Å². The maximum atomic E-state index is 14.1. The number of aryl methyl sites for hydroxylation is 1. The molecule has 1 fully saturated rings. The fourth-order valence-electron chi connectivity index (χ4n) is 5.31. The van der Waals surface area contributed by atoms with Gasteiger partial charge in [0.05, 0.1) is 17.8 Å². The second kappa shape index (κ2) is 11.9. The van der Waals surface area contributed by atoms with Crippen molar-refractivity contribution in [3.63, 3.8) is 0 Å². The number of carbonyl (C=O) groups is 2. The fourth-order valence-corrected chi connectivity index (χ4v) is 5.31. The van der Waals surface area contributed by atoms with Gasteiger partial charge in [0.2, 0.25) is 5.95 Å². The number of alkyl carbamates (subject to hydrolysis) is 1. The number of hydrogen-bond donors (Lipinski definition) is 3. The molecule has 2 aliphatic rings. The van der Waals surface area contributed by atoms with E-state index < -0.39 is 29.4 Å². The summed E-state index contributed by atoms with van der Waals surface area (Å²) in [4.78, 5) is 36.9. The van der Waals surface area contributed by atoms with E-state index in [1.165, 1.54) is 10.7 Å². The standard InChI is InChI=1S/C29H35F3N8O4/c1-28(2,3)44-27(43)33-9-10-40-24(25(41)42)19-7-5-17-16-34-26(36-22(17)23(19)37-40)35-18-6-8-21(20(15-18)29(30,31)32)39-13-11-38(4)12-14-39/h6,8,15-16H,5,7,9-14H2,1-4H3,(H,33,43)(H,41,42)(H,34,35,36). The number of alkyl halides is 3. The van der Waals surface area contributed by atoms with Crippen molar-refractivity contribution in [1.29, 1.82) is 0 Å². The van der Waals surface area contributed by atoms with Crippen LogP contribution < -0.4 is 15.5 Å². The summed E-state index contributed by atoms with van der Waals surface area (Å²) in [5.74, 6) is -1.12. The van der Waals surface area contributed by atoms with Gasteiger partial charge in [-0.05, 0) is 64.4 Å². The summed E-state index contributed by atoms with van der Waals surface area (Å²) in [5.41, 5.74) is 0.813. The lowest BCUT2D eigenvalue weighted by Crippen LogP contribution is -2.45. The van der Waals surface area contributed by atoms with Crippen LogP contribution in [0, 0.1) is 0 Å². The number of rotatable bonds is 7. The quantitative estimate of drug-likeness (QED) is 0.355. The van der Waals surface area contributed by atoms with E-state index >= 15 is 0 Å². The number of piperazine rings is 1. The number of aromatic carboxylic acids is 1. The molecule has 0 atom stereocenters. The van der Waals surface area contributed by atoms with Crippen LogP contribution in [0.2, 0.25) is 0 Å². The van der Waals surface area contributed by atoms with Crippen molar-refractivity contribution in [2.24, 2.45) is 0 Å². The molecule has 0 unspecified atom stereocenters. The largest absolute Gasteiger partial charge is 0.477 e. The lowest BCUT2D eigenvalue weighted by molar-refractivity contribution is -0.137. The van der Waals surface area contributed by atoms with Crippen molar-refractivity contribution in [2.75, 3.05) is 50.0 Å². The van der Waals surface area contributed by atoms with Crippen LogP contribution in [0.5, 0.6) is 0 Å². The third-order valence-electron chi connectivity index (χ3n) is 7.38. The number of carboxylic acid groups (broad SMARTS) is 1. The minimum Gasteiger partial charge on any atom is -0.477 e. The fraction of sp³-hybridized carbons (Fsp3) is 0.483. The molecule has 1 aromatic carbocycles. The highest BCUT2D eigenvalue weighted by Gasteiger charge is 2.36. The highest BCUT2D eigenvalue weighted by Crippen LogP contribution is 2.39. The maximum absolute atomic E-state index is 14.1. The second-order valence-electron chi connectivity index (χ2n) is 11.8. The van der Waals surface area contributed by atoms with Gasteiger partial charge in [0.15, 0.2) is 0 Å². The van der Waals surface area contributed by atoms with E-state index in [0.717, 1.165) is 11.6 Å². The molecule has 1 aliphatic carbocycles. The molecule has 0 bridgehead atoms. The number of benzene rings is 1. The number of amides is 1. The normalized spacial score (nSPS) is 15.4. The van der Waals surface area contributed by atoms with E-state index in [2.05, 4.69) is 30.6 Å². The molecule has 1 amide bonds. The molecule has 0 spiro atoms. The molecule has 15 heteroatoms. The smallest absolute Gasteiger partial charge is 0.418 e. The third kappa shape index (κ3) is 6.87. The van der Waals surface area contributed by atoms with Gasteiger partial charge >= 0.3 is 18.2 Å². The Morgan fingerprint density at radius 3 is 2.45 bits per heavy atom. The number of aromatic nitrogens is 4. The first kappa shape index (κ1) is 31.0. The average molecular weight is 617 g/mol. The lowest BCUT2D eigenvalue weighted by atomic mass is 9.93. The van der Waals surface area contributed by atoms with Crippen molar-refractivity contribution in [2.45, 2.75) is 51.9 Å². The monoisotopic (exact) mass is 616 g/mol. The summed E-state index contributed by atoms with van der Waals surface area (Å²) < 4.78 is 48.9. The number of anilines is 3. The summed E-state index contributed by atoms with van der Waals surface area (Å²) in [7, 11) is 1.94. The number of halogens is 3. The molecular weight excluding hydrogens is 581 g/mol. The van der Waals surface area contributed by atoms with E-state index in [1.807, 2.05) is 7.05 Å². The van der Waals surface area contributed by atoms with Gasteiger partial charge < -0.3 is 30.3 Å². The van der Waals surface area contributed by atoms with E-state index in [-0.39, 0.29) is 36.1 Å². The molecule has 1 saturated heterocycles. The minimum absolute atomic E-state index is 0.0147. The molecule has 3 heterocycles. The highest BCUT2D eigenvalue weighted by atomic mass is 19.4. The van der Waals surface area contributed by atoms with Gasteiger partial charge in [-0.2, -0.15) is 18.3 Å². The maximum Gasteiger partial charge on any atom is 0.418 e. The van der Waals surface area contributed by atoms with Crippen molar-refractivity contribution >= 4 is 29.4 Å². The summed E-state index contributed by atoms with van der Waals surface area (Å²) >= 11 is 0. The van der Waals surface area contributed by atoms with Crippen LogP contribution in [0.1, 0.15) is 48.0 Å². The number of nitrogens with one attached hydrogen (secondary N) is 2. The van der Waals surface area contributed by atoms with Gasteiger partial charge in [-0.15, -0.1) is 0 Å². The Balaban J connectivity index is 1.39. The van der Waals surface area contributed by atoms with E-state index in [0.29, 0.717) is 56.0 Å². The van der Waals surface area contributed by atoms with E-state index in [9.17, 15) is 27.9 Å². The molecular formula is C29H35F3N8O4. The predicted octanol–water partition coefficient (Wildman–Crippen LogP) is 4.18. The van der Waals surface area contributed by atoms with Crippen LogP contribution in [0.25, 0.3) is 11.4 Å². The zero-order chi connectivity index (χ0) is 31.8. The molecule has 236 valence electrons. The minimum atomic E-state index is -4.57. The number of likely N-dealkylation sites (N-methyl/N-ethyl adjacent to an activating group) is 1. The molecule has 12 nitrogen and oxygen atoms in total. The Hall–Kier alpha value is -4.40. The number of nitrogens with zero attached hydrogens (tertiary/aromatic N) is 6. The van der Waals surface area contributed by atoms with Crippen LogP contribution in [-0.4, -0.2) is 87.2 Å². The zero-order valence-corrected chi connectivity index (χ0v) is 25.0. The molecule has 3 aromatic rings. The molecule has 0 radical (unpaired) electrons. The molecule has 5 rings (SSSR count). The Kier molecular flexibility index (Phi) is 8.42. The molecule has 1 aliphatic heterocycles. The summed E-state index contributed by atoms with van der Waals surface area (Å²) in [6, 6.07) is 4.07. The Morgan fingerprint density at radius 1 is 1.07 bits per heavy atom. The lowest BCUT2D eigenvalue weighted by Gasteiger charge is -2.35. The van der Waals surface area contributed by atoms with Crippen molar-refractivity contribution in [3.05, 3.63) is 46.8 Å². The SMILES string of the molecule is CN1CCN(c2ccc(Nc3ncc4c(n3)-c3nn(CCNC(=O)OC(C)(C)C)c(C(=O)O)c3CC4)cc2C(F)(F)F)CC1. The predicted molar refractivity (Wildman–Crippen MR) is 156 cm³/mol. The Morgan fingerprint density at radius 2 is 1.80 bits per heavy atom. The van der Waals surface area contributed by atoms with Crippen LogP contribution >= 0.6 is 0 Å². The second-order valence-corrected chi connectivity index (χ2v) is 11.8. The van der Waals surface area contributed by atoms with Crippen LogP contribution in [-0.2, 0) is 30.3 Å². The van der Waals surface area contributed by atoms with Crippen LogP contribution in [0.15, 0.2) is 24.4 Å². The zero-order valence-electron chi connectivity index (χ0n) is 25.0. The van der Waals surface area contributed by atoms with Crippen molar-refractivity contribution in [3.8, 4) is 11.4 Å². The van der Waals surface area contributed by atoms with E-state index in [1.54, 1.807) is 37.9 Å². The third-order valence-corrected chi connectivity index (χ3v) is 7.38. The Bertz CT molecular complexity index is 1560. The van der Waals surface area contributed by atoms with Crippen LogP contribution in [0.3, 0.4) is 0 Å². The molecule has 3 N–H and O–H groups in total. The van der Waals surface area contributed by atoms with Crippen LogP contribution in [0.4, 0.5) is 35.3 Å². The Labute approximate surface area is 252 Å². The first-order valence-corrected chi connectivity index (χ1v) is 14.3. The van der Waals surface area contributed by atoms with Gasteiger partial charge in [-0.3, -0.25) is 4.68 Å². The van der Waals surface area contributed by atoms with E-state index in [4.69, 9.17) is 4.74 Å². The first-order valence-electron chi connectivity index (χ1n) is 14.3. The van der Waals surface area contributed by atoms with Crippen molar-refractivity contribution in [1.82, 2.24) is 30.0 Å². The average Bonchev–Trinajstić information content (AvgIpc) is 3.31. The number of carboxylic acids is 1. The number of carbonyl (C=O) groups excluding carboxylic acids is 1. The van der Waals surface area contributed by atoms with Gasteiger partial charge in [-0.25, -0.2) is 19.6 Å². The first-order chi connectivity index (χ1) is 20.7. The van der Waals surface area contributed by atoms with Crippen molar-refractivity contribution < 1.29 is 32.6 Å². The van der Waals surface area contributed by atoms with Gasteiger partial charge in [-0.1, -0.05) is 0 Å². The molecule has 2 aromatic heterocycles. The van der Waals surface area contributed by atoms with Gasteiger partial charge in [0.25, 0.3) is 0 Å². The van der Waals surface area contributed by atoms with Gasteiger partial charge in [0, 0.05) is 55.9 Å². The summed E-state index contributed by atoms with van der Waals surface area (Å²) in [6.45, 7) is 7.66. The number of fused-ring (bicyclic) bond motifs is 3. The summed E-state index contributed by atoms with van der Waals surface area (Å²) in [5, 5.41) is 20.0. The molecule has 0 saturated carbocycles.